The van der Waals surface area contributed by atoms with Crippen LogP contribution in [-0.4, -0.2) is 23.9 Å². The molecule has 0 aromatic carbocycles. The first kappa shape index (κ1) is 18.0. The van der Waals surface area contributed by atoms with Gasteiger partial charge in [-0.3, -0.25) is 4.79 Å². The number of hydrogen-bond donors (Lipinski definition) is 2. The van der Waals surface area contributed by atoms with E-state index in [-0.39, 0.29) is 0 Å². The standard InChI is InChI=1S/C24H36N2O/c1-14-6-3-4-7-16(14)23-22-17-11-10-15(2)25-18(17)12-13-20(22)26-19-8-5-9-21(27)24(19)23/h15,17-18,20,22-23,25-26H,3-13H2,1-2H3. The van der Waals surface area contributed by atoms with Crippen molar-refractivity contribution < 1.29 is 4.79 Å². The van der Waals surface area contributed by atoms with Gasteiger partial charge in [0.25, 0.3) is 0 Å². The molecular formula is C24H36N2O. The third kappa shape index (κ3) is 3.01. The van der Waals surface area contributed by atoms with Gasteiger partial charge in [-0.25, -0.2) is 0 Å². The lowest BCUT2D eigenvalue weighted by Gasteiger charge is -2.55. The van der Waals surface area contributed by atoms with Crippen molar-refractivity contribution in [3.8, 4) is 0 Å². The topological polar surface area (TPSA) is 41.1 Å². The van der Waals surface area contributed by atoms with E-state index in [1.807, 2.05) is 0 Å². The van der Waals surface area contributed by atoms with E-state index in [2.05, 4.69) is 24.5 Å². The van der Waals surface area contributed by atoms with Crippen LogP contribution < -0.4 is 10.6 Å². The number of allylic oxidation sites excluding steroid dienone is 4. The Balaban J connectivity index is 1.60. The number of piperidine rings is 1. The van der Waals surface area contributed by atoms with Crippen LogP contribution in [0.1, 0.15) is 84.5 Å². The highest BCUT2D eigenvalue weighted by Gasteiger charge is 2.51. The first-order valence-corrected chi connectivity index (χ1v) is 11.6. The molecule has 6 unspecified atom stereocenters. The minimum Gasteiger partial charge on any atom is -0.385 e. The molecule has 5 rings (SSSR count). The second-order valence-corrected chi connectivity index (χ2v) is 9.98. The maximum absolute atomic E-state index is 13.1. The van der Waals surface area contributed by atoms with Gasteiger partial charge >= 0.3 is 0 Å². The third-order valence-corrected chi connectivity index (χ3v) is 8.38. The Bertz CT molecular complexity index is 690. The Morgan fingerprint density at radius 2 is 1.70 bits per heavy atom. The molecule has 0 spiro atoms. The van der Waals surface area contributed by atoms with Gasteiger partial charge in [-0.1, -0.05) is 11.1 Å². The van der Waals surface area contributed by atoms with Gasteiger partial charge in [-0.2, -0.15) is 0 Å². The van der Waals surface area contributed by atoms with Crippen molar-refractivity contribution in [2.45, 2.75) is 103 Å². The SMILES string of the molecule is CC1=C(C2C3=C(CCCC3=O)NC3CCC4NC(C)CCC4C32)CCCC1. The zero-order valence-corrected chi connectivity index (χ0v) is 17.2. The highest BCUT2D eigenvalue weighted by Crippen LogP contribution is 2.52. The van der Waals surface area contributed by atoms with E-state index in [1.54, 1.807) is 11.1 Å². The third-order valence-electron chi connectivity index (χ3n) is 8.38. The number of carbonyl (C=O) groups is 1. The van der Waals surface area contributed by atoms with E-state index in [4.69, 9.17) is 0 Å². The summed E-state index contributed by atoms with van der Waals surface area (Å²) in [4.78, 5) is 13.1. The number of Topliss-reactive ketones (excluding diaryl/α,β-unsaturated/α-hetero) is 1. The molecule has 148 valence electrons. The highest BCUT2D eigenvalue weighted by atomic mass is 16.1. The molecule has 6 atom stereocenters. The van der Waals surface area contributed by atoms with Crippen LogP contribution in [0, 0.1) is 17.8 Å². The molecule has 0 bridgehead atoms. The summed E-state index contributed by atoms with van der Waals surface area (Å²) in [6.45, 7) is 4.71. The van der Waals surface area contributed by atoms with Crippen molar-refractivity contribution in [2.75, 3.05) is 0 Å². The molecule has 1 saturated heterocycles. The van der Waals surface area contributed by atoms with E-state index in [0.717, 1.165) is 25.2 Å². The molecule has 2 heterocycles. The van der Waals surface area contributed by atoms with Gasteiger partial charge in [-0.15, -0.1) is 0 Å². The zero-order chi connectivity index (χ0) is 18.5. The fourth-order valence-electron chi connectivity index (χ4n) is 7.17. The molecule has 3 nitrogen and oxygen atoms in total. The quantitative estimate of drug-likeness (QED) is 0.663. The molecule has 27 heavy (non-hydrogen) atoms. The molecule has 5 aliphatic rings. The monoisotopic (exact) mass is 368 g/mol. The molecule has 3 aliphatic carbocycles. The number of hydrogen-bond acceptors (Lipinski definition) is 3. The van der Waals surface area contributed by atoms with Crippen LogP contribution in [0.3, 0.4) is 0 Å². The first-order chi connectivity index (χ1) is 13.1. The summed E-state index contributed by atoms with van der Waals surface area (Å²) in [6, 6.07) is 1.89. The van der Waals surface area contributed by atoms with Gasteiger partial charge in [-0.05, 0) is 89.9 Å². The van der Waals surface area contributed by atoms with E-state index < -0.39 is 0 Å². The first-order valence-electron chi connectivity index (χ1n) is 11.6. The fourth-order valence-corrected chi connectivity index (χ4v) is 7.17. The Hall–Kier alpha value is -1.09. The van der Waals surface area contributed by atoms with Crippen molar-refractivity contribution in [3.63, 3.8) is 0 Å². The van der Waals surface area contributed by atoms with Gasteiger partial charge in [0.2, 0.25) is 0 Å². The van der Waals surface area contributed by atoms with Crippen LogP contribution in [-0.2, 0) is 4.79 Å². The van der Waals surface area contributed by atoms with Crippen molar-refractivity contribution in [3.05, 3.63) is 22.4 Å². The normalized spacial score (nSPS) is 42.2. The van der Waals surface area contributed by atoms with E-state index in [0.29, 0.717) is 35.7 Å². The van der Waals surface area contributed by atoms with Crippen LogP contribution in [0.25, 0.3) is 0 Å². The summed E-state index contributed by atoms with van der Waals surface area (Å²) in [5, 5.41) is 7.85. The van der Waals surface area contributed by atoms with Crippen molar-refractivity contribution in [1.82, 2.24) is 10.6 Å². The van der Waals surface area contributed by atoms with Crippen LogP contribution in [0.4, 0.5) is 0 Å². The van der Waals surface area contributed by atoms with E-state index in [9.17, 15) is 4.79 Å². The predicted molar refractivity (Wildman–Crippen MR) is 109 cm³/mol. The molecule has 0 aromatic rings. The number of nitrogens with one attached hydrogen (secondary N) is 2. The second kappa shape index (κ2) is 7.06. The Morgan fingerprint density at radius 3 is 2.56 bits per heavy atom. The largest absolute Gasteiger partial charge is 0.385 e. The Kier molecular flexibility index (Phi) is 4.70. The number of rotatable bonds is 1. The van der Waals surface area contributed by atoms with Gasteiger partial charge < -0.3 is 10.6 Å². The minimum absolute atomic E-state index is 0.419. The average Bonchev–Trinajstić information content (AvgIpc) is 2.67. The number of ketones is 1. The lowest BCUT2D eigenvalue weighted by Crippen LogP contribution is -2.60. The highest BCUT2D eigenvalue weighted by molar-refractivity contribution is 5.98. The van der Waals surface area contributed by atoms with Crippen LogP contribution >= 0.6 is 0 Å². The average molecular weight is 369 g/mol. The summed E-state index contributed by atoms with van der Waals surface area (Å²) in [5.74, 6) is 2.22. The summed E-state index contributed by atoms with van der Waals surface area (Å²) in [6.07, 6.45) is 13.2. The van der Waals surface area contributed by atoms with Crippen LogP contribution in [0.15, 0.2) is 22.4 Å². The minimum atomic E-state index is 0.419. The number of carbonyl (C=O) groups excluding carboxylic acids is 1. The Labute approximate surface area is 164 Å². The zero-order valence-electron chi connectivity index (χ0n) is 17.2. The molecular weight excluding hydrogens is 332 g/mol. The maximum Gasteiger partial charge on any atom is 0.161 e. The molecule has 3 heteroatoms. The van der Waals surface area contributed by atoms with Gasteiger partial charge in [0.15, 0.2) is 5.78 Å². The second-order valence-electron chi connectivity index (χ2n) is 9.98. The number of fused-ring (bicyclic) bond motifs is 3. The molecule has 1 saturated carbocycles. The smallest absolute Gasteiger partial charge is 0.161 e. The molecule has 0 amide bonds. The molecule has 0 aromatic heterocycles. The van der Waals surface area contributed by atoms with Gasteiger partial charge in [0.05, 0.1) is 0 Å². The van der Waals surface area contributed by atoms with Gasteiger partial charge in [0, 0.05) is 41.7 Å². The summed E-state index contributed by atoms with van der Waals surface area (Å²) >= 11 is 0. The van der Waals surface area contributed by atoms with Crippen molar-refractivity contribution >= 4 is 5.78 Å². The van der Waals surface area contributed by atoms with Crippen molar-refractivity contribution in [2.24, 2.45) is 17.8 Å². The van der Waals surface area contributed by atoms with E-state index in [1.165, 1.54) is 62.6 Å². The summed E-state index contributed by atoms with van der Waals surface area (Å²) in [7, 11) is 0. The maximum atomic E-state index is 13.1. The van der Waals surface area contributed by atoms with Crippen LogP contribution in [0.2, 0.25) is 0 Å². The lowest BCUT2D eigenvalue weighted by molar-refractivity contribution is -0.117. The molecule has 2 N–H and O–H groups in total. The van der Waals surface area contributed by atoms with Crippen LogP contribution in [0.5, 0.6) is 0 Å². The van der Waals surface area contributed by atoms with Gasteiger partial charge in [0.1, 0.15) is 0 Å². The molecule has 2 fully saturated rings. The summed E-state index contributed by atoms with van der Waals surface area (Å²) in [5.41, 5.74) is 5.83. The summed E-state index contributed by atoms with van der Waals surface area (Å²) < 4.78 is 0. The van der Waals surface area contributed by atoms with E-state index >= 15 is 0 Å². The predicted octanol–water partition coefficient (Wildman–Crippen LogP) is 4.64. The van der Waals surface area contributed by atoms with Crippen molar-refractivity contribution in [1.29, 1.82) is 0 Å². The molecule has 0 radical (unpaired) electrons. The Morgan fingerprint density at radius 1 is 0.889 bits per heavy atom. The lowest BCUT2D eigenvalue weighted by atomic mass is 9.57. The molecule has 2 aliphatic heterocycles. The fraction of sp³-hybridized carbons (Fsp3) is 0.792.